The second-order valence-electron chi connectivity index (χ2n) is 7.71. The lowest BCUT2D eigenvalue weighted by molar-refractivity contribution is -0.884. The maximum absolute atomic E-state index is 13.3. The van der Waals surface area contributed by atoms with E-state index in [2.05, 4.69) is 12.5 Å². The molecule has 9 heteroatoms. The first-order chi connectivity index (χ1) is 13.3. The molecule has 1 aromatic carbocycles. The summed E-state index contributed by atoms with van der Waals surface area (Å²) in [6, 6.07) is 4.54. The number of methoxy groups -OCH3 is 1. The van der Waals surface area contributed by atoms with Gasteiger partial charge in [-0.15, -0.1) is 0 Å². The van der Waals surface area contributed by atoms with E-state index >= 15 is 0 Å². The van der Waals surface area contributed by atoms with Crippen molar-refractivity contribution in [2.75, 3.05) is 46.9 Å². The Kier molecular flexibility index (Phi) is 6.59. The minimum Gasteiger partial charge on any atom is -0.495 e. The van der Waals surface area contributed by atoms with Gasteiger partial charge >= 0.3 is 0 Å². The van der Waals surface area contributed by atoms with Gasteiger partial charge in [0, 0.05) is 18.2 Å². The average molecular weight is 412 g/mol. The molecule has 2 heterocycles. The summed E-state index contributed by atoms with van der Waals surface area (Å²) in [4.78, 5) is 14.2. The summed E-state index contributed by atoms with van der Waals surface area (Å²) < 4.78 is 33.4. The number of benzene rings is 1. The number of hydrogen-bond donors (Lipinski definition) is 2. The molecule has 0 aromatic heterocycles. The molecule has 0 unspecified atom stereocenters. The van der Waals surface area contributed by atoms with Crippen LogP contribution in [0.2, 0.25) is 0 Å². The zero-order valence-corrected chi connectivity index (χ0v) is 17.7. The van der Waals surface area contributed by atoms with E-state index in [1.807, 2.05) is 11.9 Å². The lowest BCUT2D eigenvalue weighted by Gasteiger charge is -2.32. The summed E-state index contributed by atoms with van der Waals surface area (Å²) >= 11 is 0. The van der Waals surface area contributed by atoms with Crippen LogP contribution in [0.5, 0.6) is 5.75 Å². The lowest BCUT2D eigenvalue weighted by Crippen LogP contribution is -3.12. The predicted octanol–water partition coefficient (Wildman–Crippen LogP) is -0.267. The Hall–Kier alpha value is -1.68. The Labute approximate surface area is 167 Å². The highest BCUT2D eigenvalue weighted by Gasteiger charge is 2.33. The van der Waals surface area contributed by atoms with Crippen LogP contribution >= 0.6 is 0 Å². The molecule has 3 rings (SSSR count). The van der Waals surface area contributed by atoms with Crippen LogP contribution in [0.1, 0.15) is 36.5 Å². The smallest absolute Gasteiger partial charge is 0.265 e. The molecule has 1 aromatic rings. The first-order valence-corrected chi connectivity index (χ1v) is 11.3. The number of carbonyl (C=O) groups excluding carboxylic acids is 1. The Balaban J connectivity index is 1.84. The van der Waals surface area contributed by atoms with Crippen molar-refractivity contribution in [3.8, 4) is 5.75 Å². The number of amides is 1. The standard InChI is InChI=1S/C19H30N4O4S/c1-15-6-4-5-9-23(15)28(25,26)18-14-16(7-8-17(18)27-3)19(24)20-22-12-10-21(2)11-13-22/h7-8,14-15H,4-6,9-13H2,1-3H3,(H,20,24)/p+1/t15-/m1/s1. The summed E-state index contributed by atoms with van der Waals surface area (Å²) in [6.45, 7) is 5.86. The SMILES string of the molecule is COc1ccc(C(=O)NN2CC[NH+](C)CC2)cc1S(=O)(=O)N1CCCC[C@H]1C. The molecule has 2 fully saturated rings. The van der Waals surface area contributed by atoms with Crippen molar-refractivity contribution in [1.82, 2.24) is 14.7 Å². The lowest BCUT2D eigenvalue weighted by atomic mass is 10.1. The summed E-state index contributed by atoms with van der Waals surface area (Å²) in [5, 5.41) is 1.89. The number of nitrogens with one attached hydrogen (secondary N) is 2. The van der Waals surface area contributed by atoms with Crippen molar-refractivity contribution >= 4 is 15.9 Å². The molecule has 0 spiro atoms. The van der Waals surface area contributed by atoms with Gasteiger partial charge in [0.15, 0.2) is 0 Å². The van der Waals surface area contributed by atoms with Crippen molar-refractivity contribution in [1.29, 1.82) is 0 Å². The van der Waals surface area contributed by atoms with E-state index in [1.54, 1.807) is 12.1 Å². The van der Waals surface area contributed by atoms with Gasteiger partial charge in [0.05, 0.1) is 40.3 Å². The monoisotopic (exact) mass is 411 g/mol. The highest BCUT2D eigenvalue weighted by atomic mass is 32.2. The van der Waals surface area contributed by atoms with Crippen LogP contribution in [0.15, 0.2) is 23.1 Å². The van der Waals surface area contributed by atoms with Crippen LogP contribution in [-0.4, -0.2) is 76.6 Å². The van der Waals surface area contributed by atoms with Crippen molar-refractivity contribution < 1.29 is 22.8 Å². The number of carbonyl (C=O) groups is 1. The quantitative estimate of drug-likeness (QED) is 0.697. The topological polar surface area (TPSA) is 83.4 Å². The van der Waals surface area contributed by atoms with Gasteiger partial charge in [0.2, 0.25) is 10.0 Å². The fourth-order valence-corrected chi connectivity index (χ4v) is 5.67. The van der Waals surface area contributed by atoms with Gasteiger partial charge in [-0.25, -0.2) is 13.4 Å². The molecule has 2 saturated heterocycles. The molecule has 0 bridgehead atoms. The molecule has 2 aliphatic heterocycles. The van der Waals surface area contributed by atoms with Gasteiger partial charge in [-0.1, -0.05) is 6.42 Å². The number of sulfonamides is 1. The van der Waals surface area contributed by atoms with Gasteiger partial charge in [0.25, 0.3) is 5.91 Å². The van der Waals surface area contributed by atoms with Crippen molar-refractivity contribution in [2.24, 2.45) is 0 Å². The van der Waals surface area contributed by atoms with E-state index in [1.165, 1.54) is 22.4 Å². The number of hydrogen-bond acceptors (Lipinski definition) is 5. The molecule has 1 atom stereocenters. The van der Waals surface area contributed by atoms with Crippen molar-refractivity contribution in [2.45, 2.75) is 37.1 Å². The van der Waals surface area contributed by atoms with E-state index in [0.717, 1.165) is 45.4 Å². The number of hydrazine groups is 1. The minimum absolute atomic E-state index is 0.0548. The summed E-state index contributed by atoms with van der Waals surface area (Å²) in [5.41, 5.74) is 3.21. The Bertz CT molecular complexity index is 806. The van der Waals surface area contributed by atoms with E-state index in [-0.39, 0.29) is 22.6 Å². The van der Waals surface area contributed by atoms with E-state index in [9.17, 15) is 13.2 Å². The molecule has 2 aliphatic rings. The van der Waals surface area contributed by atoms with Crippen LogP contribution < -0.4 is 15.1 Å². The van der Waals surface area contributed by atoms with Crippen molar-refractivity contribution in [3.05, 3.63) is 23.8 Å². The summed E-state index contributed by atoms with van der Waals surface area (Å²) in [6.07, 6.45) is 2.71. The second-order valence-corrected chi connectivity index (χ2v) is 9.57. The third kappa shape index (κ3) is 4.48. The van der Waals surface area contributed by atoms with Gasteiger partial charge in [0.1, 0.15) is 10.6 Å². The third-order valence-electron chi connectivity index (χ3n) is 5.63. The van der Waals surface area contributed by atoms with Gasteiger partial charge in [-0.05, 0) is 38.0 Å². The molecule has 0 aliphatic carbocycles. The molecular formula is C19H31N4O4S+. The number of piperazine rings is 1. The predicted molar refractivity (Wildman–Crippen MR) is 106 cm³/mol. The summed E-state index contributed by atoms with van der Waals surface area (Å²) in [5.74, 6) is -0.0390. The molecule has 1 amide bonds. The van der Waals surface area contributed by atoms with Crippen LogP contribution in [0.3, 0.4) is 0 Å². The number of nitrogens with zero attached hydrogens (tertiary/aromatic N) is 2. The number of quaternary nitrogens is 1. The first-order valence-electron chi connectivity index (χ1n) is 9.90. The highest BCUT2D eigenvalue weighted by Crippen LogP contribution is 2.31. The van der Waals surface area contributed by atoms with E-state index in [0.29, 0.717) is 12.1 Å². The normalized spacial score (nSPS) is 22.8. The zero-order valence-electron chi connectivity index (χ0n) is 16.9. The Morgan fingerprint density at radius 2 is 1.93 bits per heavy atom. The zero-order chi connectivity index (χ0) is 20.3. The maximum atomic E-state index is 13.3. The fraction of sp³-hybridized carbons (Fsp3) is 0.632. The fourth-order valence-electron chi connectivity index (χ4n) is 3.78. The third-order valence-corrected chi connectivity index (χ3v) is 7.67. The molecule has 28 heavy (non-hydrogen) atoms. The molecular weight excluding hydrogens is 380 g/mol. The average Bonchev–Trinajstić information content (AvgIpc) is 2.69. The second kappa shape index (κ2) is 8.77. The van der Waals surface area contributed by atoms with E-state index in [4.69, 9.17) is 4.74 Å². The minimum atomic E-state index is -3.74. The summed E-state index contributed by atoms with van der Waals surface area (Å²) in [7, 11) is -0.168. The van der Waals surface area contributed by atoms with Crippen LogP contribution in [0.4, 0.5) is 0 Å². The first kappa shape index (κ1) is 21.0. The van der Waals surface area contributed by atoms with Crippen molar-refractivity contribution in [3.63, 3.8) is 0 Å². The maximum Gasteiger partial charge on any atom is 0.265 e. The Morgan fingerprint density at radius 1 is 1.21 bits per heavy atom. The highest BCUT2D eigenvalue weighted by molar-refractivity contribution is 7.89. The number of ether oxygens (including phenoxy) is 1. The van der Waals surface area contributed by atoms with E-state index < -0.39 is 10.0 Å². The van der Waals surface area contributed by atoms with Gasteiger partial charge < -0.3 is 9.64 Å². The largest absolute Gasteiger partial charge is 0.495 e. The Morgan fingerprint density at radius 3 is 2.57 bits per heavy atom. The molecule has 2 N–H and O–H groups in total. The molecule has 0 radical (unpaired) electrons. The van der Waals surface area contributed by atoms with Gasteiger partial charge in [-0.2, -0.15) is 4.31 Å². The molecule has 156 valence electrons. The molecule has 8 nitrogen and oxygen atoms in total. The number of rotatable bonds is 5. The van der Waals surface area contributed by atoms with Crippen LogP contribution in [0.25, 0.3) is 0 Å². The number of likely N-dealkylation sites (N-methyl/N-ethyl adjacent to an activating group) is 1. The van der Waals surface area contributed by atoms with Crippen LogP contribution in [0, 0.1) is 0 Å². The number of piperidine rings is 1. The molecule has 0 saturated carbocycles. The van der Waals surface area contributed by atoms with Gasteiger partial charge in [-0.3, -0.25) is 10.2 Å². The van der Waals surface area contributed by atoms with Crippen LogP contribution in [-0.2, 0) is 10.0 Å².